The van der Waals surface area contributed by atoms with Crippen molar-refractivity contribution in [3.05, 3.63) is 59.2 Å². The molecule has 8 heteroatoms. The van der Waals surface area contributed by atoms with Gasteiger partial charge in [0.2, 0.25) is 5.91 Å². The average molecular weight is 554 g/mol. The molecule has 0 aliphatic heterocycles. The van der Waals surface area contributed by atoms with Crippen LogP contribution < -0.4 is 15.4 Å². The minimum atomic E-state index is -0.967. The molecule has 0 saturated heterocycles. The van der Waals surface area contributed by atoms with Crippen molar-refractivity contribution in [2.45, 2.75) is 98.9 Å². The van der Waals surface area contributed by atoms with Gasteiger partial charge in [0.25, 0.3) is 5.91 Å². The minimum absolute atomic E-state index is 0.265. The summed E-state index contributed by atoms with van der Waals surface area (Å²) in [7, 11) is 1.58. The van der Waals surface area contributed by atoms with Crippen molar-refractivity contribution in [1.29, 1.82) is 0 Å². The van der Waals surface area contributed by atoms with Crippen molar-refractivity contribution in [2.75, 3.05) is 12.4 Å². The van der Waals surface area contributed by atoms with Gasteiger partial charge in [0.05, 0.1) is 7.11 Å². The highest BCUT2D eigenvalue weighted by Crippen LogP contribution is 2.35. The average Bonchev–Trinajstić information content (AvgIpc) is 2.86. The van der Waals surface area contributed by atoms with Crippen LogP contribution in [0, 0.1) is 19.8 Å². The van der Waals surface area contributed by atoms with Crippen molar-refractivity contribution < 1.29 is 23.9 Å². The number of rotatable bonds is 10. The third-order valence-electron chi connectivity index (χ3n) is 7.16. The van der Waals surface area contributed by atoms with Crippen LogP contribution in [0.4, 0.5) is 10.5 Å². The summed E-state index contributed by atoms with van der Waals surface area (Å²) in [6, 6.07) is 10.9. The number of hydrogen-bond donors (Lipinski definition) is 2. The van der Waals surface area contributed by atoms with Gasteiger partial charge in [0.15, 0.2) is 0 Å². The number of carbonyl (C=O) groups excluding carboxylic acids is 3. The first kappa shape index (κ1) is 32.7. The van der Waals surface area contributed by atoms with Gasteiger partial charge in [-0.25, -0.2) is 4.79 Å². The van der Waals surface area contributed by atoms with Gasteiger partial charge < -0.3 is 25.0 Å². The topological polar surface area (TPSA) is 97.0 Å². The monoisotopic (exact) mass is 553 g/mol. The number of anilines is 1. The molecule has 2 atom stereocenters. The number of nitrogens with one attached hydrogen (secondary N) is 2. The molecule has 0 aromatic heterocycles. The largest absolute Gasteiger partial charge is 0.497 e. The molecule has 0 bridgehead atoms. The summed E-state index contributed by atoms with van der Waals surface area (Å²) in [4.78, 5) is 43.1. The molecule has 2 N–H and O–H groups in total. The molecular formula is C32H47N3O5. The molecule has 2 aromatic carbocycles. The highest BCUT2D eigenvalue weighted by atomic mass is 16.6. The van der Waals surface area contributed by atoms with Gasteiger partial charge in [0.1, 0.15) is 23.4 Å². The predicted molar refractivity (Wildman–Crippen MR) is 159 cm³/mol. The van der Waals surface area contributed by atoms with E-state index in [0.717, 1.165) is 16.7 Å². The molecule has 0 aliphatic rings. The van der Waals surface area contributed by atoms with E-state index < -0.39 is 29.3 Å². The summed E-state index contributed by atoms with van der Waals surface area (Å²) in [5.74, 6) is -0.308. The lowest BCUT2D eigenvalue weighted by Crippen LogP contribution is -2.60. The second-order valence-electron chi connectivity index (χ2n) is 12.2. The molecule has 8 nitrogen and oxygen atoms in total. The molecule has 40 heavy (non-hydrogen) atoms. The van der Waals surface area contributed by atoms with E-state index in [1.807, 2.05) is 66.7 Å². The molecule has 0 saturated carbocycles. The fourth-order valence-corrected chi connectivity index (χ4v) is 4.40. The van der Waals surface area contributed by atoms with E-state index in [2.05, 4.69) is 10.6 Å². The summed E-state index contributed by atoms with van der Waals surface area (Å²) in [6.45, 7) is 18.8. The highest BCUT2D eigenvalue weighted by molar-refractivity contribution is 5.99. The summed E-state index contributed by atoms with van der Waals surface area (Å²) < 4.78 is 10.7. The predicted octanol–water partition coefficient (Wildman–Crippen LogP) is 6.56. The van der Waals surface area contributed by atoms with Crippen LogP contribution in [0.5, 0.6) is 5.75 Å². The van der Waals surface area contributed by atoms with E-state index >= 15 is 0 Å². The Morgan fingerprint density at radius 1 is 0.950 bits per heavy atom. The zero-order valence-corrected chi connectivity index (χ0v) is 26.0. The Balaban J connectivity index is 2.67. The minimum Gasteiger partial charge on any atom is -0.497 e. The first-order valence-corrected chi connectivity index (χ1v) is 13.9. The van der Waals surface area contributed by atoms with Crippen LogP contribution >= 0.6 is 0 Å². The van der Waals surface area contributed by atoms with Gasteiger partial charge in [-0.2, -0.15) is 0 Å². The van der Waals surface area contributed by atoms with E-state index in [4.69, 9.17) is 9.47 Å². The lowest BCUT2D eigenvalue weighted by atomic mass is 9.88. The molecule has 0 aliphatic carbocycles. The second kappa shape index (κ2) is 13.2. The second-order valence-corrected chi connectivity index (χ2v) is 12.2. The number of ether oxygens (including phenoxy) is 2. The van der Waals surface area contributed by atoms with E-state index in [1.165, 1.54) is 0 Å². The molecule has 0 radical (unpaired) electrons. The molecule has 2 aromatic rings. The van der Waals surface area contributed by atoms with Crippen LogP contribution in [0.15, 0.2) is 42.5 Å². The molecular weight excluding hydrogens is 506 g/mol. The van der Waals surface area contributed by atoms with Gasteiger partial charge in [0, 0.05) is 11.2 Å². The van der Waals surface area contributed by atoms with Crippen molar-refractivity contribution in [1.82, 2.24) is 10.2 Å². The fourth-order valence-electron chi connectivity index (χ4n) is 4.40. The van der Waals surface area contributed by atoms with Crippen molar-refractivity contribution in [3.8, 4) is 5.75 Å². The first-order valence-electron chi connectivity index (χ1n) is 13.9. The van der Waals surface area contributed by atoms with E-state index in [0.29, 0.717) is 17.9 Å². The number of alkyl carbamates (subject to hydrolysis) is 1. The standard InChI is InChI=1S/C32H47N3O5/c1-12-32(9,10)35(29(37)26(20(2)3)34-30(38)40-31(6,7)8)27(25-15-13-14-21(4)22(25)5)28(36)33-23-16-18-24(39-11)19-17-23/h13-20,26-27H,12H2,1-11H3,(H,33,36)(H,34,38). The summed E-state index contributed by atoms with van der Waals surface area (Å²) in [5, 5.41) is 5.79. The lowest BCUT2D eigenvalue weighted by molar-refractivity contribution is -0.148. The Bertz CT molecular complexity index is 1180. The van der Waals surface area contributed by atoms with Crippen molar-refractivity contribution >= 4 is 23.6 Å². The molecule has 2 unspecified atom stereocenters. The van der Waals surface area contributed by atoms with Crippen molar-refractivity contribution in [3.63, 3.8) is 0 Å². The number of hydrogen-bond acceptors (Lipinski definition) is 5. The van der Waals surface area contributed by atoms with Gasteiger partial charge >= 0.3 is 6.09 Å². The zero-order valence-electron chi connectivity index (χ0n) is 26.0. The number of nitrogens with zero attached hydrogens (tertiary/aromatic N) is 1. The van der Waals surface area contributed by atoms with E-state index in [9.17, 15) is 14.4 Å². The van der Waals surface area contributed by atoms with Crippen LogP contribution in [0.2, 0.25) is 0 Å². The smallest absolute Gasteiger partial charge is 0.408 e. The summed E-state index contributed by atoms with van der Waals surface area (Å²) in [5.41, 5.74) is 1.77. The fraction of sp³-hybridized carbons (Fsp3) is 0.531. The van der Waals surface area contributed by atoms with Crippen LogP contribution in [-0.2, 0) is 14.3 Å². The Kier molecular flexibility index (Phi) is 10.8. The maximum absolute atomic E-state index is 14.5. The molecule has 0 spiro atoms. The Hall–Kier alpha value is -3.55. The molecule has 0 fully saturated rings. The third kappa shape index (κ3) is 8.23. The maximum atomic E-state index is 14.5. The number of methoxy groups -OCH3 is 1. The van der Waals surface area contributed by atoms with Gasteiger partial charge in [-0.3, -0.25) is 9.59 Å². The SMILES string of the molecule is CCC(C)(C)N(C(=O)C(NC(=O)OC(C)(C)C)C(C)C)C(C(=O)Nc1ccc(OC)cc1)c1cccc(C)c1C. The molecule has 220 valence electrons. The first-order chi connectivity index (χ1) is 18.5. The number of benzene rings is 2. The zero-order chi connectivity index (χ0) is 30.4. The Morgan fingerprint density at radius 3 is 2.05 bits per heavy atom. The van der Waals surface area contributed by atoms with E-state index in [1.54, 1.807) is 57.0 Å². The van der Waals surface area contributed by atoms with Crippen molar-refractivity contribution in [2.24, 2.45) is 5.92 Å². The van der Waals surface area contributed by atoms with Gasteiger partial charge in [-0.1, -0.05) is 39.0 Å². The maximum Gasteiger partial charge on any atom is 0.408 e. The Morgan fingerprint density at radius 2 is 1.55 bits per heavy atom. The van der Waals surface area contributed by atoms with Gasteiger partial charge in [-0.15, -0.1) is 0 Å². The van der Waals surface area contributed by atoms with Crippen LogP contribution in [0.1, 0.15) is 84.5 Å². The molecule has 0 heterocycles. The number of aryl methyl sites for hydroxylation is 1. The number of amides is 3. The highest BCUT2D eigenvalue weighted by Gasteiger charge is 2.44. The lowest BCUT2D eigenvalue weighted by Gasteiger charge is -2.45. The quantitative estimate of drug-likeness (QED) is 0.347. The normalized spacial score (nSPS) is 13.3. The summed E-state index contributed by atoms with van der Waals surface area (Å²) in [6.07, 6.45) is -0.104. The Labute approximate surface area is 239 Å². The van der Waals surface area contributed by atoms with E-state index in [-0.39, 0.29) is 17.7 Å². The van der Waals surface area contributed by atoms with Crippen LogP contribution in [0.25, 0.3) is 0 Å². The van der Waals surface area contributed by atoms with Crippen LogP contribution in [-0.4, -0.2) is 47.1 Å². The summed E-state index contributed by atoms with van der Waals surface area (Å²) >= 11 is 0. The van der Waals surface area contributed by atoms with Crippen LogP contribution in [0.3, 0.4) is 0 Å². The molecule has 2 rings (SSSR count). The molecule has 3 amide bonds. The number of carbonyl (C=O) groups is 3. The third-order valence-corrected chi connectivity index (χ3v) is 7.16. The van der Waals surface area contributed by atoms with Gasteiger partial charge in [-0.05, 0) is 102 Å².